The third kappa shape index (κ3) is 7.90. The molecule has 15 rings (SSSR count). The number of nitrogens with zero attached hydrogens (tertiary/aromatic N) is 4. The van der Waals surface area contributed by atoms with Crippen LogP contribution >= 0.6 is 0 Å². The lowest BCUT2D eigenvalue weighted by Gasteiger charge is -2.20. The maximum Gasteiger partial charge on any atom is 0.164 e. The molecule has 0 saturated carbocycles. The van der Waals surface area contributed by atoms with Gasteiger partial charge >= 0.3 is 0 Å². The van der Waals surface area contributed by atoms with Gasteiger partial charge in [0.25, 0.3) is 0 Å². The molecular formula is C72H50N4O. The molecule has 1 atom stereocenters. The van der Waals surface area contributed by atoms with E-state index in [2.05, 4.69) is 235 Å². The second kappa shape index (κ2) is 18.6. The average Bonchev–Trinajstić information content (AvgIpc) is 4.02. The van der Waals surface area contributed by atoms with Crippen molar-refractivity contribution in [2.75, 3.05) is 0 Å². The largest absolute Gasteiger partial charge is 0.456 e. The van der Waals surface area contributed by atoms with Crippen LogP contribution in [0.15, 0.2) is 253 Å². The van der Waals surface area contributed by atoms with Gasteiger partial charge in [0.15, 0.2) is 17.5 Å². The first kappa shape index (κ1) is 44.7. The summed E-state index contributed by atoms with van der Waals surface area (Å²) in [5.41, 5.74) is 21.8. The fraction of sp³-hybridized carbons (Fsp3) is 0.0694. The van der Waals surface area contributed by atoms with Gasteiger partial charge in [-0.2, -0.15) is 0 Å². The van der Waals surface area contributed by atoms with Crippen LogP contribution in [0.25, 0.3) is 122 Å². The topological polar surface area (TPSA) is 56.7 Å². The number of aromatic nitrogens is 4. The number of rotatable bonds is 8. The molecule has 0 saturated heterocycles. The van der Waals surface area contributed by atoms with E-state index in [-0.39, 0.29) is 5.92 Å². The van der Waals surface area contributed by atoms with Gasteiger partial charge in [0.1, 0.15) is 11.2 Å². The number of aryl methyl sites for hydroxylation is 1. The van der Waals surface area contributed by atoms with Gasteiger partial charge in [-0.1, -0.05) is 182 Å². The molecule has 77 heavy (non-hydrogen) atoms. The Bertz CT molecular complexity index is 4510. The maximum absolute atomic E-state index is 6.67. The first-order chi connectivity index (χ1) is 38.1. The SMILES string of the molecule is C1=CC(c2nc(-c3ccccc3)nc(-c3cccc(-c4cccc5oc6ccc(-c7ccc8c(c7)-c7cc(-c9ccc%10c(c9)c9ccccc9n%10-c9ccccc9)ccc7CCC8c7ccccc7)cc6c45)c3)n2)=CCC1. The molecular weight excluding hydrogens is 937 g/mol. The molecule has 0 bridgehead atoms. The molecule has 13 aromatic rings. The number of hydrogen-bond acceptors (Lipinski definition) is 4. The standard InChI is InChI=1S/C72H50N4O/c1-5-17-46(18-6-1)57-37-33-47-31-32-50(52-35-39-66-63(44-52)60-27-13-14-29-65(60)76(66)56-25-11-4-12-26-56)42-61(47)62-43-51(34-38-59(57)62)53-36-40-67-64(45-53)69-58(28-16-30-68(69)77-67)54-23-15-24-55(41-54)72-74-70(48-19-7-2-8-20-48)73-71(75-72)49-21-9-3-10-22-49/h1-2,4-9,11-32,34-36,38-45,57H,3,10,33,37H2. The lowest BCUT2D eigenvalue weighted by molar-refractivity contribution is 0.669. The molecule has 5 nitrogen and oxygen atoms in total. The van der Waals surface area contributed by atoms with Crippen molar-refractivity contribution in [1.29, 1.82) is 0 Å². The Morgan fingerprint density at radius 1 is 0.416 bits per heavy atom. The summed E-state index contributed by atoms with van der Waals surface area (Å²) >= 11 is 0. The van der Waals surface area contributed by atoms with Gasteiger partial charge in [0.2, 0.25) is 0 Å². The van der Waals surface area contributed by atoms with E-state index in [1.807, 2.05) is 18.2 Å². The summed E-state index contributed by atoms with van der Waals surface area (Å²) in [6.45, 7) is 0. The number of benzene rings is 10. The Labute approximate surface area is 446 Å². The van der Waals surface area contributed by atoms with Crippen LogP contribution < -0.4 is 0 Å². The highest BCUT2D eigenvalue weighted by Gasteiger charge is 2.26. The van der Waals surface area contributed by atoms with Crippen LogP contribution in [0.1, 0.15) is 47.7 Å². The summed E-state index contributed by atoms with van der Waals surface area (Å²) in [5.74, 6) is 2.24. The van der Waals surface area contributed by atoms with Gasteiger partial charge in [-0.25, -0.2) is 15.0 Å². The van der Waals surface area contributed by atoms with E-state index in [1.165, 1.54) is 66.3 Å². The molecule has 3 aromatic heterocycles. The van der Waals surface area contributed by atoms with E-state index in [1.54, 1.807) is 0 Å². The highest BCUT2D eigenvalue weighted by molar-refractivity contribution is 6.14. The molecule has 0 radical (unpaired) electrons. The van der Waals surface area contributed by atoms with Crippen LogP contribution in [0.2, 0.25) is 0 Å². The third-order valence-electron chi connectivity index (χ3n) is 15.9. The third-order valence-corrected chi connectivity index (χ3v) is 15.9. The summed E-state index contributed by atoms with van der Waals surface area (Å²) in [7, 11) is 0. The molecule has 0 N–H and O–H groups in total. The minimum absolute atomic E-state index is 0.255. The number of para-hydroxylation sites is 2. The Balaban J connectivity index is 0.844. The fourth-order valence-electron chi connectivity index (χ4n) is 12.2. The highest BCUT2D eigenvalue weighted by atomic mass is 16.3. The van der Waals surface area contributed by atoms with Crippen molar-refractivity contribution in [2.45, 2.75) is 31.6 Å². The van der Waals surface area contributed by atoms with Crippen LogP contribution in [0.3, 0.4) is 0 Å². The van der Waals surface area contributed by atoms with E-state index >= 15 is 0 Å². The molecule has 364 valence electrons. The van der Waals surface area contributed by atoms with Crippen molar-refractivity contribution in [2.24, 2.45) is 0 Å². The predicted octanol–water partition coefficient (Wildman–Crippen LogP) is 18.7. The predicted molar refractivity (Wildman–Crippen MR) is 317 cm³/mol. The molecule has 2 aliphatic carbocycles. The van der Waals surface area contributed by atoms with Crippen molar-refractivity contribution in [3.05, 3.63) is 271 Å². The minimum Gasteiger partial charge on any atom is -0.456 e. The second-order valence-electron chi connectivity index (χ2n) is 20.5. The number of furan rings is 1. The Morgan fingerprint density at radius 2 is 1.06 bits per heavy atom. The van der Waals surface area contributed by atoms with Gasteiger partial charge in [0, 0.05) is 49.9 Å². The van der Waals surface area contributed by atoms with Gasteiger partial charge in [-0.05, 0) is 154 Å². The van der Waals surface area contributed by atoms with Gasteiger partial charge in [-0.3, -0.25) is 0 Å². The van der Waals surface area contributed by atoms with Crippen LogP contribution in [-0.2, 0) is 6.42 Å². The van der Waals surface area contributed by atoms with Crippen LogP contribution in [-0.4, -0.2) is 19.5 Å². The molecule has 5 heteroatoms. The van der Waals surface area contributed by atoms with Crippen molar-refractivity contribution in [3.63, 3.8) is 0 Å². The number of fused-ring (bicyclic) bond motifs is 9. The van der Waals surface area contributed by atoms with E-state index in [9.17, 15) is 0 Å². The number of allylic oxidation sites excluding steroid dienone is 4. The number of hydrogen-bond donors (Lipinski definition) is 0. The fourth-order valence-corrected chi connectivity index (χ4v) is 12.2. The smallest absolute Gasteiger partial charge is 0.164 e. The van der Waals surface area contributed by atoms with Gasteiger partial charge in [-0.15, -0.1) is 0 Å². The van der Waals surface area contributed by atoms with Crippen molar-refractivity contribution < 1.29 is 4.42 Å². The van der Waals surface area contributed by atoms with Crippen molar-refractivity contribution in [3.8, 4) is 73.0 Å². The molecule has 10 aromatic carbocycles. The molecule has 1 unspecified atom stereocenters. The van der Waals surface area contributed by atoms with Gasteiger partial charge < -0.3 is 8.98 Å². The van der Waals surface area contributed by atoms with Crippen molar-refractivity contribution in [1.82, 2.24) is 19.5 Å². The molecule has 0 aliphatic heterocycles. The Hall–Kier alpha value is -9.71. The molecule has 0 amide bonds. The Morgan fingerprint density at radius 3 is 1.90 bits per heavy atom. The summed E-state index contributed by atoms with van der Waals surface area (Å²) in [6, 6.07) is 83.8. The molecule has 0 spiro atoms. The monoisotopic (exact) mass is 986 g/mol. The van der Waals surface area contributed by atoms with Gasteiger partial charge in [0.05, 0.1) is 11.0 Å². The zero-order valence-corrected chi connectivity index (χ0v) is 42.3. The van der Waals surface area contributed by atoms with Crippen molar-refractivity contribution >= 4 is 49.3 Å². The minimum atomic E-state index is 0.255. The van der Waals surface area contributed by atoms with Crippen LogP contribution in [0.4, 0.5) is 0 Å². The Kier molecular flexibility index (Phi) is 10.8. The highest BCUT2D eigenvalue weighted by Crippen LogP contribution is 2.46. The summed E-state index contributed by atoms with van der Waals surface area (Å²) in [6.07, 6.45) is 10.5. The zero-order valence-electron chi connectivity index (χ0n) is 42.3. The van der Waals surface area contributed by atoms with Crippen LogP contribution in [0.5, 0.6) is 0 Å². The lowest BCUT2D eigenvalue weighted by atomic mass is 9.84. The zero-order chi connectivity index (χ0) is 50.8. The first-order valence-electron chi connectivity index (χ1n) is 26.8. The summed E-state index contributed by atoms with van der Waals surface area (Å²) in [4.78, 5) is 15.2. The first-order valence-corrected chi connectivity index (χ1v) is 26.8. The maximum atomic E-state index is 6.67. The normalized spacial score (nSPS) is 14.2. The average molecular weight is 987 g/mol. The van der Waals surface area contributed by atoms with E-state index in [0.29, 0.717) is 17.5 Å². The molecule has 3 heterocycles. The molecule has 2 aliphatic rings. The lowest BCUT2D eigenvalue weighted by Crippen LogP contribution is -2.03. The second-order valence-corrected chi connectivity index (χ2v) is 20.5. The van der Waals surface area contributed by atoms with E-state index in [4.69, 9.17) is 19.4 Å². The summed E-state index contributed by atoms with van der Waals surface area (Å²) < 4.78 is 9.05. The molecule has 0 fully saturated rings. The van der Waals surface area contributed by atoms with E-state index < -0.39 is 0 Å². The van der Waals surface area contributed by atoms with E-state index in [0.717, 1.165) is 86.7 Å². The quantitative estimate of drug-likeness (QED) is 0.152. The van der Waals surface area contributed by atoms with Crippen LogP contribution in [0, 0.1) is 0 Å². The summed E-state index contributed by atoms with van der Waals surface area (Å²) in [5, 5.41) is 4.66.